The van der Waals surface area contributed by atoms with Gasteiger partial charge >= 0.3 is 6.03 Å². The maximum atomic E-state index is 13.2. The van der Waals surface area contributed by atoms with Gasteiger partial charge in [0.15, 0.2) is 0 Å². The third-order valence-corrected chi connectivity index (χ3v) is 4.48. The van der Waals surface area contributed by atoms with Crippen molar-refractivity contribution < 1.29 is 18.4 Å². The summed E-state index contributed by atoms with van der Waals surface area (Å²) < 4.78 is 26.4. The Balaban J connectivity index is 1.70. The molecule has 0 atom stereocenters. The third kappa shape index (κ3) is 6.61. The van der Waals surface area contributed by atoms with Crippen molar-refractivity contribution in [3.63, 3.8) is 0 Å². The smallest absolute Gasteiger partial charge is 0.321 e. The Morgan fingerprint density at radius 3 is 2.35 bits per heavy atom. The lowest BCUT2D eigenvalue weighted by atomic mass is 9.93. The summed E-state index contributed by atoms with van der Waals surface area (Å²) >= 11 is 0. The van der Waals surface area contributed by atoms with Crippen molar-refractivity contribution in [1.29, 1.82) is 0 Å². The van der Waals surface area contributed by atoms with E-state index in [4.69, 9.17) is 0 Å². The highest BCUT2D eigenvalue weighted by Crippen LogP contribution is 2.21. The summed E-state index contributed by atoms with van der Waals surface area (Å²) in [5, 5.41) is 5.47. The number of hydrogen-bond acceptors (Lipinski definition) is 2. The first-order chi connectivity index (χ1) is 12.3. The summed E-state index contributed by atoms with van der Waals surface area (Å²) in [5.41, 5.74) is 0.113. The highest BCUT2D eigenvalue weighted by Gasteiger charge is 2.23. The summed E-state index contributed by atoms with van der Waals surface area (Å²) in [4.78, 5) is 25.5. The van der Waals surface area contributed by atoms with E-state index < -0.39 is 11.6 Å². The molecular weight excluding hydrogens is 340 g/mol. The number of anilines is 1. The molecule has 0 radical (unpaired) electrons. The Morgan fingerprint density at radius 1 is 1.15 bits per heavy atom. The Labute approximate surface area is 153 Å². The number of piperidine rings is 1. The Bertz CT molecular complexity index is 609. The number of amides is 3. The fourth-order valence-corrected chi connectivity index (χ4v) is 3.11. The van der Waals surface area contributed by atoms with Gasteiger partial charge in [-0.1, -0.05) is 13.8 Å². The topological polar surface area (TPSA) is 61.4 Å². The first kappa shape index (κ1) is 20.1. The van der Waals surface area contributed by atoms with Gasteiger partial charge in [-0.3, -0.25) is 4.79 Å². The molecule has 0 unspecified atom stereocenters. The minimum atomic E-state index is -0.724. The summed E-state index contributed by atoms with van der Waals surface area (Å²) in [6.45, 7) is 5.87. The van der Waals surface area contributed by atoms with Crippen LogP contribution in [0.25, 0.3) is 0 Å². The Hall–Kier alpha value is -2.18. The molecule has 1 aromatic carbocycles. The number of likely N-dealkylation sites (tertiary alicyclic amines) is 1. The van der Waals surface area contributed by atoms with Crippen LogP contribution in [0.1, 0.15) is 39.5 Å². The number of hydrogen-bond donors (Lipinski definition) is 2. The average Bonchev–Trinajstić information content (AvgIpc) is 2.53. The fourth-order valence-electron chi connectivity index (χ4n) is 3.11. The highest BCUT2D eigenvalue weighted by atomic mass is 19.1. The second-order valence-electron chi connectivity index (χ2n) is 7.26. The van der Waals surface area contributed by atoms with Crippen molar-refractivity contribution >= 4 is 17.6 Å². The minimum Gasteiger partial charge on any atom is -0.356 e. The van der Waals surface area contributed by atoms with E-state index in [9.17, 15) is 18.4 Å². The number of carbonyl (C=O) groups excluding carboxylic acids is 2. The van der Waals surface area contributed by atoms with Gasteiger partial charge in [0.1, 0.15) is 11.6 Å². The van der Waals surface area contributed by atoms with E-state index in [1.54, 1.807) is 4.90 Å². The predicted octanol–water partition coefficient (Wildman–Crippen LogP) is 3.76. The first-order valence-corrected chi connectivity index (χ1v) is 9.12. The van der Waals surface area contributed by atoms with Crippen molar-refractivity contribution in [2.45, 2.75) is 39.5 Å². The van der Waals surface area contributed by atoms with Crippen molar-refractivity contribution in [3.05, 3.63) is 29.8 Å². The molecule has 144 valence electrons. The molecule has 1 aliphatic heterocycles. The number of urea groups is 1. The van der Waals surface area contributed by atoms with Crippen molar-refractivity contribution in [2.75, 3.05) is 25.0 Å². The van der Waals surface area contributed by atoms with Gasteiger partial charge in [-0.2, -0.15) is 0 Å². The van der Waals surface area contributed by atoms with E-state index in [0.29, 0.717) is 37.9 Å². The molecule has 1 saturated heterocycles. The molecular formula is C19H27F2N3O2. The van der Waals surface area contributed by atoms with Gasteiger partial charge in [-0.05, 0) is 43.2 Å². The van der Waals surface area contributed by atoms with E-state index in [-0.39, 0.29) is 17.6 Å². The number of carbonyl (C=O) groups is 2. The molecule has 3 amide bonds. The summed E-state index contributed by atoms with van der Waals surface area (Å²) in [5.74, 6) is -0.551. The molecule has 0 bridgehead atoms. The van der Waals surface area contributed by atoms with Gasteiger partial charge in [0, 0.05) is 37.8 Å². The minimum absolute atomic E-state index is 0.0825. The zero-order valence-corrected chi connectivity index (χ0v) is 15.4. The molecule has 5 nitrogen and oxygen atoms in total. The van der Waals surface area contributed by atoms with Gasteiger partial charge in [0.05, 0.1) is 0 Å². The SMILES string of the molecule is CC(C)CC(=O)NCCC1CCN(C(=O)Nc2cc(F)cc(F)c2)CC1. The molecule has 1 fully saturated rings. The molecule has 1 heterocycles. The van der Waals surface area contributed by atoms with Gasteiger partial charge in [-0.15, -0.1) is 0 Å². The lowest BCUT2D eigenvalue weighted by molar-refractivity contribution is -0.121. The molecule has 2 N–H and O–H groups in total. The molecule has 0 aromatic heterocycles. The second-order valence-corrected chi connectivity index (χ2v) is 7.26. The van der Waals surface area contributed by atoms with Crippen LogP contribution in [0.2, 0.25) is 0 Å². The van der Waals surface area contributed by atoms with Crippen LogP contribution in [-0.4, -0.2) is 36.5 Å². The van der Waals surface area contributed by atoms with Crippen LogP contribution in [0.15, 0.2) is 18.2 Å². The van der Waals surface area contributed by atoms with Crippen LogP contribution in [-0.2, 0) is 4.79 Å². The molecule has 0 saturated carbocycles. The fraction of sp³-hybridized carbons (Fsp3) is 0.579. The van der Waals surface area contributed by atoms with E-state index in [1.165, 1.54) is 0 Å². The quantitative estimate of drug-likeness (QED) is 0.804. The maximum absolute atomic E-state index is 13.2. The van der Waals surface area contributed by atoms with Crippen LogP contribution in [0, 0.1) is 23.5 Å². The van der Waals surface area contributed by atoms with E-state index in [1.807, 2.05) is 13.8 Å². The van der Waals surface area contributed by atoms with Crippen LogP contribution >= 0.6 is 0 Å². The lowest BCUT2D eigenvalue weighted by Gasteiger charge is -2.32. The van der Waals surface area contributed by atoms with Crippen LogP contribution in [0.3, 0.4) is 0 Å². The standard InChI is InChI=1S/C19H27F2N3O2/c1-13(2)9-18(25)22-6-3-14-4-7-24(8-5-14)19(26)23-17-11-15(20)10-16(21)12-17/h10-14H,3-9H2,1-2H3,(H,22,25)(H,23,26). The van der Waals surface area contributed by atoms with Crippen LogP contribution in [0.5, 0.6) is 0 Å². The largest absolute Gasteiger partial charge is 0.356 e. The summed E-state index contributed by atoms with van der Waals surface area (Å²) in [7, 11) is 0. The number of nitrogens with zero attached hydrogens (tertiary/aromatic N) is 1. The van der Waals surface area contributed by atoms with E-state index in [0.717, 1.165) is 37.5 Å². The van der Waals surface area contributed by atoms with Crippen LogP contribution < -0.4 is 10.6 Å². The number of nitrogens with one attached hydrogen (secondary N) is 2. The van der Waals surface area contributed by atoms with Crippen molar-refractivity contribution in [1.82, 2.24) is 10.2 Å². The normalized spacial score (nSPS) is 15.2. The zero-order valence-electron chi connectivity index (χ0n) is 15.4. The number of halogens is 2. The lowest BCUT2D eigenvalue weighted by Crippen LogP contribution is -2.41. The first-order valence-electron chi connectivity index (χ1n) is 9.12. The molecule has 1 aromatic rings. The molecule has 26 heavy (non-hydrogen) atoms. The van der Waals surface area contributed by atoms with Gasteiger partial charge in [0.2, 0.25) is 5.91 Å². The molecule has 2 rings (SSSR count). The molecule has 1 aliphatic rings. The summed E-state index contributed by atoms with van der Waals surface area (Å²) in [6.07, 6.45) is 3.14. The van der Waals surface area contributed by atoms with E-state index in [2.05, 4.69) is 10.6 Å². The molecule has 7 heteroatoms. The summed E-state index contributed by atoms with van der Waals surface area (Å²) in [6, 6.07) is 2.60. The van der Waals surface area contributed by atoms with Gasteiger partial charge in [-0.25, -0.2) is 13.6 Å². The van der Waals surface area contributed by atoms with E-state index >= 15 is 0 Å². The maximum Gasteiger partial charge on any atom is 0.321 e. The zero-order chi connectivity index (χ0) is 19.1. The van der Waals surface area contributed by atoms with Crippen molar-refractivity contribution in [2.24, 2.45) is 11.8 Å². The number of rotatable bonds is 6. The molecule has 0 spiro atoms. The predicted molar refractivity (Wildman–Crippen MR) is 96.8 cm³/mol. The Kier molecular flexibility index (Phi) is 7.36. The highest BCUT2D eigenvalue weighted by molar-refractivity contribution is 5.89. The second kappa shape index (κ2) is 9.50. The monoisotopic (exact) mass is 367 g/mol. The third-order valence-electron chi connectivity index (χ3n) is 4.48. The average molecular weight is 367 g/mol. The van der Waals surface area contributed by atoms with Crippen molar-refractivity contribution in [3.8, 4) is 0 Å². The Morgan fingerprint density at radius 2 is 1.77 bits per heavy atom. The van der Waals surface area contributed by atoms with Gasteiger partial charge in [0.25, 0.3) is 0 Å². The van der Waals surface area contributed by atoms with Gasteiger partial charge < -0.3 is 15.5 Å². The number of benzene rings is 1. The molecule has 0 aliphatic carbocycles. The van der Waals surface area contributed by atoms with Crippen LogP contribution in [0.4, 0.5) is 19.3 Å².